The van der Waals surface area contributed by atoms with E-state index in [0.717, 1.165) is 45.1 Å². The lowest BCUT2D eigenvalue weighted by molar-refractivity contribution is -0.132. The van der Waals surface area contributed by atoms with E-state index in [1.54, 1.807) is 15.9 Å². The van der Waals surface area contributed by atoms with E-state index in [-0.39, 0.29) is 30.6 Å². The molecule has 1 fully saturated rings. The number of hydrogen-bond acceptors (Lipinski definition) is 5. The van der Waals surface area contributed by atoms with E-state index < -0.39 is 0 Å². The molecule has 0 saturated carbocycles. The van der Waals surface area contributed by atoms with Crippen molar-refractivity contribution >= 4 is 11.8 Å². The summed E-state index contributed by atoms with van der Waals surface area (Å²) in [6.07, 6.45) is 5.92. The van der Waals surface area contributed by atoms with Crippen LogP contribution < -0.4 is 9.47 Å². The third-order valence-electron chi connectivity index (χ3n) is 6.64. The standard InChI is InChI=1S/C28H36N2O5/c1-29-17-11-4-2-3-5-12-18-33-25-19-30(27(31)21-34-22-13-7-6-8-14-22)20-26(25)35-24-16-10-9-15-23(24)28(29)32/h6-10,13-16,25-26H,2-5,11-12,17-21H2,1H3/t25-,26-/m1/s1. The molecule has 7 heteroatoms. The summed E-state index contributed by atoms with van der Waals surface area (Å²) in [4.78, 5) is 29.6. The van der Waals surface area contributed by atoms with Crippen LogP contribution in [0.25, 0.3) is 0 Å². The predicted octanol–water partition coefficient (Wildman–Crippen LogP) is 4.17. The normalized spacial score (nSPS) is 22.1. The summed E-state index contributed by atoms with van der Waals surface area (Å²) in [7, 11) is 1.84. The number of carbonyl (C=O) groups excluding carboxylic acids is 2. The topological polar surface area (TPSA) is 68.3 Å². The van der Waals surface area contributed by atoms with Crippen molar-refractivity contribution in [3.05, 3.63) is 60.2 Å². The first-order valence-electron chi connectivity index (χ1n) is 12.7. The summed E-state index contributed by atoms with van der Waals surface area (Å²) in [5, 5.41) is 0. The molecule has 2 aromatic carbocycles. The van der Waals surface area contributed by atoms with Crippen LogP contribution in [0.2, 0.25) is 0 Å². The third-order valence-corrected chi connectivity index (χ3v) is 6.64. The van der Waals surface area contributed by atoms with Crippen molar-refractivity contribution in [1.82, 2.24) is 9.80 Å². The van der Waals surface area contributed by atoms with Gasteiger partial charge in [0.2, 0.25) is 0 Å². The number of fused-ring (bicyclic) bond motifs is 2. The summed E-state index contributed by atoms with van der Waals surface area (Å²) in [5.41, 5.74) is 0.540. The van der Waals surface area contributed by atoms with Crippen molar-refractivity contribution in [2.75, 3.05) is 39.9 Å². The second-order valence-electron chi connectivity index (χ2n) is 9.31. The molecule has 4 rings (SSSR count). The highest BCUT2D eigenvalue weighted by Crippen LogP contribution is 2.26. The Morgan fingerprint density at radius 2 is 1.60 bits per heavy atom. The van der Waals surface area contributed by atoms with Crippen molar-refractivity contribution in [3.8, 4) is 11.5 Å². The molecule has 0 radical (unpaired) electrons. The van der Waals surface area contributed by atoms with Gasteiger partial charge in [-0.25, -0.2) is 0 Å². The summed E-state index contributed by atoms with van der Waals surface area (Å²) in [6, 6.07) is 16.7. The van der Waals surface area contributed by atoms with Crippen LogP contribution in [-0.4, -0.2) is 73.7 Å². The Morgan fingerprint density at radius 1 is 0.914 bits per heavy atom. The largest absolute Gasteiger partial charge is 0.485 e. The highest BCUT2D eigenvalue weighted by Gasteiger charge is 2.38. The maximum Gasteiger partial charge on any atom is 0.260 e. The number of ether oxygens (including phenoxy) is 3. The molecular weight excluding hydrogens is 444 g/mol. The summed E-state index contributed by atoms with van der Waals surface area (Å²) in [5.74, 6) is 1.04. The Balaban J connectivity index is 1.47. The molecule has 2 atom stereocenters. The monoisotopic (exact) mass is 480 g/mol. The predicted molar refractivity (Wildman–Crippen MR) is 134 cm³/mol. The number of hydrogen-bond donors (Lipinski definition) is 0. The fourth-order valence-corrected chi connectivity index (χ4v) is 4.58. The minimum Gasteiger partial charge on any atom is -0.485 e. The molecule has 188 valence electrons. The van der Waals surface area contributed by atoms with E-state index in [1.165, 1.54) is 0 Å². The fourth-order valence-electron chi connectivity index (χ4n) is 4.58. The average molecular weight is 481 g/mol. The van der Waals surface area contributed by atoms with Crippen molar-refractivity contribution in [3.63, 3.8) is 0 Å². The lowest BCUT2D eigenvalue weighted by Crippen LogP contribution is -2.35. The zero-order chi connectivity index (χ0) is 24.5. The van der Waals surface area contributed by atoms with Gasteiger partial charge in [-0.1, -0.05) is 56.0 Å². The minimum atomic E-state index is -0.358. The average Bonchev–Trinajstić information content (AvgIpc) is 3.28. The highest BCUT2D eigenvalue weighted by atomic mass is 16.5. The van der Waals surface area contributed by atoms with E-state index in [4.69, 9.17) is 14.2 Å². The molecule has 0 bridgehead atoms. The van der Waals surface area contributed by atoms with Gasteiger partial charge in [-0.2, -0.15) is 0 Å². The van der Waals surface area contributed by atoms with Gasteiger partial charge in [0.05, 0.1) is 18.7 Å². The van der Waals surface area contributed by atoms with Crippen molar-refractivity contribution in [1.29, 1.82) is 0 Å². The van der Waals surface area contributed by atoms with E-state index in [1.807, 2.05) is 55.6 Å². The molecular formula is C28H36N2O5. The molecule has 1 saturated heterocycles. The molecule has 7 nitrogen and oxygen atoms in total. The summed E-state index contributed by atoms with van der Waals surface area (Å²) >= 11 is 0. The number of benzene rings is 2. The summed E-state index contributed by atoms with van der Waals surface area (Å²) < 4.78 is 18.3. The lowest BCUT2D eigenvalue weighted by Gasteiger charge is -2.24. The molecule has 2 aromatic rings. The quantitative estimate of drug-likeness (QED) is 0.660. The first-order valence-corrected chi connectivity index (χ1v) is 12.7. The first-order chi connectivity index (χ1) is 17.1. The smallest absolute Gasteiger partial charge is 0.260 e. The Morgan fingerprint density at radius 3 is 2.43 bits per heavy atom. The molecule has 0 N–H and O–H groups in total. The van der Waals surface area contributed by atoms with Gasteiger partial charge >= 0.3 is 0 Å². The molecule has 0 spiro atoms. The molecule has 2 aliphatic heterocycles. The number of likely N-dealkylation sites (tertiary alicyclic amines) is 1. The van der Waals surface area contributed by atoms with Gasteiger partial charge in [-0.05, 0) is 37.1 Å². The molecule has 35 heavy (non-hydrogen) atoms. The van der Waals surface area contributed by atoms with Crippen LogP contribution in [0.3, 0.4) is 0 Å². The number of para-hydroxylation sites is 2. The van der Waals surface area contributed by atoms with Gasteiger partial charge in [-0.3, -0.25) is 9.59 Å². The van der Waals surface area contributed by atoms with Gasteiger partial charge in [0.25, 0.3) is 11.8 Å². The maximum atomic E-state index is 13.1. The van der Waals surface area contributed by atoms with Crippen LogP contribution in [0.1, 0.15) is 48.9 Å². The van der Waals surface area contributed by atoms with Crippen molar-refractivity contribution in [2.45, 2.75) is 50.7 Å². The van der Waals surface area contributed by atoms with Gasteiger partial charge in [0.15, 0.2) is 6.61 Å². The van der Waals surface area contributed by atoms with Crippen LogP contribution in [0.15, 0.2) is 54.6 Å². The van der Waals surface area contributed by atoms with Crippen molar-refractivity contribution in [2.24, 2.45) is 0 Å². The molecule has 2 amide bonds. The van der Waals surface area contributed by atoms with Gasteiger partial charge in [0, 0.05) is 20.2 Å². The fraction of sp³-hybridized carbons (Fsp3) is 0.500. The van der Waals surface area contributed by atoms with Crippen LogP contribution >= 0.6 is 0 Å². The SMILES string of the molecule is CN1CCCCCCCCO[C@@H]2CN(C(=O)COc3ccccc3)C[C@H]2Oc2ccccc2C1=O. The molecule has 2 aliphatic rings. The van der Waals surface area contributed by atoms with Crippen molar-refractivity contribution < 1.29 is 23.8 Å². The van der Waals surface area contributed by atoms with Crippen LogP contribution in [0.4, 0.5) is 0 Å². The van der Waals surface area contributed by atoms with E-state index >= 15 is 0 Å². The van der Waals surface area contributed by atoms with Gasteiger partial charge in [-0.15, -0.1) is 0 Å². The Bertz CT molecular complexity index is 967. The van der Waals surface area contributed by atoms with Gasteiger partial charge < -0.3 is 24.0 Å². The Hall–Kier alpha value is -3.06. The zero-order valence-electron chi connectivity index (χ0n) is 20.6. The van der Waals surface area contributed by atoms with E-state index in [2.05, 4.69) is 0 Å². The second kappa shape index (κ2) is 12.6. The molecule has 0 aliphatic carbocycles. The highest BCUT2D eigenvalue weighted by molar-refractivity contribution is 5.96. The number of amides is 2. The van der Waals surface area contributed by atoms with Crippen LogP contribution in [-0.2, 0) is 9.53 Å². The first kappa shape index (κ1) is 25.0. The number of carbonyl (C=O) groups is 2. The number of rotatable bonds is 3. The molecule has 0 unspecified atom stereocenters. The third kappa shape index (κ3) is 6.98. The van der Waals surface area contributed by atoms with E-state index in [9.17, 15) is 9.59 Å². The minimum absolute atomic E-state index is 0.0384. The molecule has 2 heterocycles. The van der Waals surface area contributed by atoms with Crippen LogP contribution in [0, 0.1) is 0 Å². The van der Waals surface area contributed by atoms with Crippen LogP contribution in [0.5, 0.6) is 11.5 Å². The second-order valence-corrected chi connectivity index (χ2v) is 9.31. The maximum absolute atomic E-state index is 13.1. The van der Waals surface area contributed by atoms with Gasteiger partial charge in [0.1, 0.15) is 23.7 Å². The molecule has 0 aromatic heterocycles. The summed E-state index contributed by atoms with van der Waals surface area (Å²) in [6.45, 7) is 2.16. The van der Waals surface area contributed by atoms with E-state index in [0.29, 0.717) is 36.8 Å². The lowest BCUT2D eigenvalue weighted by atomic mass is 10.1. The Labute approximate surface area is 207 Å². The number of nitrogens with zero attached hydrogens (tertiary/aromatic N) is 2. The Kier molecular flexibility index (Phi) is 9.01. The zero-order valence-corrected chi connectivity index (χ0v) is 20.6.